The van der Waals surface area contributed by atoms with Crippen molar-refractivity contribution in [2.45, 2.75) is 77.3 Å². The Morgan fingerprint density at radius 2 is 2.05 bits per heavy atom. The van der Waals surface area contributed by atoms with Crippen LogP contribution in [-0.4, -0.2) is 40.6 Å². The third kappa shape index (κ3) is 3.33. The first-order chi connectivity index (χ1) is 9.99. The molecule has 2 amide bonds. The largest absolute Gasteiger partial charge is 0.481 e. The number of aliphatic carboxylic acids is 1. The van der Waals surface area contributed by atoms with Crippen LogP contribution < -0.4 is 5.32 Å². The Morgan fingerprint density at radius 3 is 2.71 bits per heavy atom. The van der Waals surface area contributed by atoms with Crippen LogP contribution in [-0.2, 0) is 4.79 Å². The molecule has 1 saturated heterocycles. The summed E-state index contributed by atoms with van der Waals surface area (Å²) in [7, 11) is 0. The van der Waals surface area contributed by atoms with E-state index in [0.717, 1.165) is 45.1 Å². The van der Waals surface area contributed by atoms with E-state index in [9.17, 15) is 14.7 Å². The second kappa shape index (κ2) is 6.67. The average molecular weight is 296 g/mol. The molecule has 21 heavy (non-hydrogen) atoms. The topological polar surface area (TPSA) is 69.6 Å². The molecule has 3 unspecified atom stereocenters. The number of nitrogens with zero attached hydrogens (tertiary/aromatic N) is 1. The molecular weight excluding hydrogens is 268 g/mol. The van der Waals surface area contributed by atoms with Crippen molar-refractivity contribution in [3.63, 3.8) is 0 Å². The average Bonchev–Trinajstić information content (AvgIpc) is 2.82. The van der Waals surface area contributed by atoms with Gasteiger partial charge in [0.05, 0.1) is 5.41 Å². The van der Waals surface area contributed by atoms with E-state index in [0.29, 0.717) is 12.5 Å². The lowest BCUT2D eigenvalue weighted by Crippen LogP contribution is -2.54. The van der Waals surface area contributed by atoms with E-state index in [-0.39, 0.29) is 12.1 Å². The fraction of sp³-hybridized carbons (Fsp3) is 0.875. The summed E-state index contributed by atoms with van der Waals surface area (Å²) in [6, 6.07) is 0.0143. The van der Waals surface area contributed by atoms with E-state index < -0.39 is 11.4 Å². The number of carboxylic acids is 1. The highest BCUT2D eigenvalue weighted by Crippen LogP contribution is 2.38. The maximum absolute atomic E-state index is 12.6. The van der Waals surface area contributed by atoms with Crippen LogP contribution in [0.4, 0.5) is 4.79 Å². The summed E-state index contributed by atoms with van der Waals surface area (Å²) in [5.41, 5.74) is -0.814. The van der Waals surface area contributed by atoms with Crippen molar-refractivity contribution < 1.29 is 14.7 Å². The highest BCUT2D eigenvalue weighted by molar-refractivity contribution is 5.79. The van der Waals surface area contributed by atoms with E-state index in [1.165, 1.54) is 6.42 Å². The summed E-state index contributed by atoms with van der Waals surface area (Å²) in [6.07, 6.45) is 7.69. The number of nitrogens with one attached hydrogen (secondary N) is 1. The molecule has 120 valence electrons. The predicted molar refractivity (Wildman–Crippen MR) is 81.2 cm³/mol. The molecule has 2 rings (SSSR count). The van der Waals surface area contributed by atoms with Gasteiger partial charge in [-0.3, -0.25) is 4.79 Å². The molecule has 0 radical (unpaired) electrons. The maximum Gasteiger partial charge on any atom is 0.317 e. The smallest absolute Gasteiger partial charge is 0.317 e. The van der Waals surface area contributed by atoms with Crippen molar-refractivity contribution in [1.29, 1.82) is 0 Å². The van der Waals surface area contributed by atoms with Gasteiger partial charge in [0.2, 0.25) is 0 Å². The molecule has 2 fully saturated rings. The van der Waals surface area contributed by atoms with Gasteiger partial charge in [-0.05, 0) is 45.4 Å². The number of likely N-dealkylation sites (tertiary alicyclic amines) is 1. The number of hydrogen-bond acceptors (Lipinski definition) is 2. The van der Waals surface area contributed by atoms with Crippen molar-refractivity contribution >= 4 is 12.0 Å². The lowest BCUT2D eigenvalue weighted by Gasteiger charge is -2.38. The van der Waals surface area contributed by atoms with Gasteiger partial charge in [-0.1, -0.05) is 19.8 Å². The normalized spacial score (nSPS) is 33.0. The summed E-state index contributed by atoms with van der Waals surface area (Å²) >= 11 is 0. The second-order valence-electron chi connectivity index (χ2n) is 6.75. The van der Waals surface area contributed by atoms with Gasteiger partial charge in [-0.15, -0.1) is 0 Å². The molecule has 2 aliphatic rings. The third-order valence-corrected chi connectivity index (χ3v) is 5.25. The van der Waals surface area contributed by atoms with Crippen LogP contribution in [0.5, 0.6) is 0 Å². The first kappa shape index (κ1) is 16.1. The van der Waals surface area contributed by atoms with E-state index >= 15 is 0 Å². The Morgan fingerprint density at radius 1 is 1.29 bits per heavy atom. The van der Waals surface area contributed by atoms with Crippen molar-refractivity contribution in [2.75, 3.05) is 6.54 Å². The Kier molecular flexibility index (Phi) is 5.12. The summed E-state index contributed by atoms with van der Waals surface area (Å²) in [6.45, 7) is 4.70. The molecule has 2 N–H and O–H groups in total. The van der Waals surface area contributed by atoms with Crippen molar-refractivity contribution in [2.24, 2.45) is 5.41 Å². The maximum atomic E-state index is 12.6. The third-order valence-electron chi connectivity index (χ3n) is 5.25. The van der Waals surface area contributed by atoms with E-state index in [2.05, 4.69) is 12.2 Å². The van der Waals surface area contributed by atoms with Gasteiger partial charge < -0.3 is 15.3 Å². The molecule has 1 aliphatic heterocycles. The lowest BCUT2D eigenvalue weighted by atomic mass is 9.85. The molecule has 0 aromatic rings. The summed E-state index contributed by atoms with van der Waals surface area (Å²) in [4.78, 5) is 26.0. The van der Waals surface area contributed by atoms with Crippen molar-refractivity contribution in [1.82, 2.24) is 10.2 Å². The zero-order chi connectivity index (χ0) is 15.5. The molecule has 0 spiro atoms. The highest BCUT2D eigenvalue weighted by atomic mass is 16.4. The number of carbonyl (C=O) groups is 2. The molecule has 0 aromatic carbocycles. The number of carbonyl (C=O) groups excluding carboxylic acids is 1. The molecule has 1 saturated carbocycles. The van der Waals surface area contributed by atoms with Crippen molar-refractivity contribution in [3.05, 3.63) is 0 Å². The zero-order valence-corrected chi connectivity index (χ0v) is 13.2. The van der Waals surface area contributed by atoms with Gasteiger partial charge >= 0.3 is 12.0 Å². The zero-order valence-electron chi connectivity index (χ0n) is 13.2. The fourth-order valence-electron chi connectivity index (χ4n) is 3.79. The molecule has 3 atom stereocenters. The lowest BCUT2D eigenvalue weighted by molar-refractivity contribution is -0.148. The molecular formula is C16H28N2O3. The summed E-state index contributed by atoms with van der Waals surface area (Å²) < 4.78 is 0. The van der Waals surface area contributed by atoms with Gasteiger partial charge in [0.25, 0.3) is 0 Å². The van der Waals surface area contributed by atoms with Crippen LogP contribution in [0.25, 0.3) is 0 Å². The number of urea groups is 1. The number of hydrogen-bond donors (Lipinski definition) is 2. The van der Waals surface area contributed by atoms with Crippen LogP contribution in [0.2, 0.25) is 0 Å². The number of carboxylic acid groups (broad SMARTS) is 1. The summed E-state index contributed by atoms with van der Waals surface area (Å²) in [5.74, 6) is -0.797. The van der Waals surface area contributed by atoms with Crippen LogP contribution >= 0.6 is 0 Å². The minimum Gasteiger partial charge on any atom is -0.481 e. The van der Waals surface area contributed by atoms with Gasteiger partial charge in [0, 0.05) is 18.6 Å². The standard InChI is InChI=1S/C16H28N2O3/c1-3-7-12-8-4-5-11-18(12)15(21)17-13-9-6-10-16(13,2)14(19)20/h12-13H,3-11H2,1-2H3,(H,17,21)(H,19,20). The molecule has 1 heterocycles. The van der Waals surface area contributed by atoms with Gasteiger partial charge in [-0.2, -0.15) is 0 Å². The Hall–Kier alpha value is -1.26. The van der Waals surface area contributed by atoms with E-state index in [1.54, 1.807) is 6.92 Å². The van der Waals surface area contributed by atoms with E-state index in [1.807, 2.05) is 4.90 Å². The molecule has 0 bridgehead atoms. The number of amides is 2. The number of rotatable bonds is 4. The molecule has 5 nitrogen and oxygen atoms in total. The highest BCUT2D eigenvalue weighted by Gasteiger charge is 2.46. The molecule has 1 aliphatic carbocycles. The Labute approximate surface area is 127 Å². The number of piperidine rings is 1. The van der Waals surface area contributed by atoms with Gasteiger partial charge in [0.1, 0.15) is 0 Å². The Balaban J connectivity index is 2.01. The van der Waals surface area contributed by atoms with Crippen LogP contribution in [0.15, 0.2) is 0 Å². The van der Waals surface area contributed by atoms with Crippen LogP contribution in [0, 0.1) is 5.41 Å². The molecule has 5 heteroatoms. The van der Waals surface area contributed by atoms with Gasteiger partial charge in [-0.25, -0.2) is 4.79 Å². The second-order valence-corrected chi connectivity index (χ2v) is 6.75. The van der Waals surface area contributed by atoms with Crippen molar-refractivity contribution in [3.8, 4) is 0 Å². The Bertz CT molecular complexity index is 397. The minimum absolute atomic E-state index is 0.0625. The van der Waals surface area contributed by atoms with E-state index in [4.69, 9.17) is 0 Å². The molecule has 0 aromatic heterocycles. The fourth-order valence-corrected chi connectivity index (χ4v) is 3.79. The first-order valence-electron chi connectivity index (χ1n) is 8.29. The first-order valence-corrected chi connectivity index (χ1v) is 8.29. The quantitative estimate of drug-likeness (QED) is 0.838. The van der Waals surface area contributed by atoms with Crippen LogP contribution in [0.3, 0.4) is 0 Å². The SMILES string of the molecule is CCCC1CCCCN1C(=O)NC1CCCC1(C)C(=O)O. The van der Waals surface area contributed by atoms with Crippen LogP contribution in [0.1, 0.15) is 65.2 Å². The predicted octanol–water partition coefficient (Wildman–Crippen LogP) is 2.99. The monoisotopic (exact) mass is 296 g/mol. The van der Waals surface area contributed by atoms with Gasteiger partial charge in [0.15, 0.2) is 0 Å². The minimum atomic E-state index is -0.814. The summed E-state index contributed by atoms with van der Waals surface area (Å²) in [5, 5.41) is 12.5.